The van der Waals surface area contributed by atoms with Gasteiger partial charge in [0.1, 0.15) is 0 Å². The summed E-state index contributed by atoms with van der Waals surface area (Å²) in [5.41, 5.74) is -0.0504. The van der Waals surface area contributed by atoms with Gasteiger partial charge < -0.3 is 14.6 Å². The van der Waals surface area contributed by atoms with Crippen molar-refractivity contribution in [2.45, 2.75) is 31.9 Å². The number of nitrogens with zero attached hydrogens (tertiary/aromatic N) is 3. The zero-order valence-electron chi connectivity index (χ0n) is 10.1. The highest BCUT2D eigenvalue weighted by Gasteiger charge is 2.13. The standard InChI is InChI=1S/C11H17N3O4/c15-11(16)10-7-14(13-12-10)4-6-17-8-9-3-1-2-5-18-9/h7,9H,1-6,8H2,(H,15,16). The second-order valence-electron chi connectivity index (χ2n) is 4.24. The maximum Gasteiger partial charge on any atom is 0.358 e. The van der Waals surface area contributed by atoms with Crippen LogP contribution >= 0.6 is 0 Å². The number of aromatic nitrogens is 3. The Morgan fingerprint density at radius 3 is 3.17 bits per heavy atom. The molecule has 0 radical (unpaired) electrons. The lowest BCUT2D eigenvalue weighted by atomic mass is 10.1. The first-order chi connectivity index (χ1) is 8.75. The topological polar surface area (TPSA) is 86.5 Å². The van der Waals surface area contributed by atoms with Gasteiger partial charge in [0.25, 0.3) is 0 Å². The summed E-state index contributed by atoms with van der Waals surface area (Å²) < 4.78 is 12.5. The van der Waals surface area contributed by atoms with E-state index in [-0.39, 0.29) is 11.8 Å². The molecule has 7 heteroatoms. The number of rotatable bonds is 6. The SMILES string of the molecule is O=C(O)c1cn(CCOCC2CCCCO2)nn1. The molecule has 1 atom stereocenters. The zero-order chi connectivity index (χ0) is 12.8. The number of carboxylic acids is 1. The minimum absolute atomic E-state index is 0.0504. The molecule has 1 saturated heterocycles. The van der Waals surface area contributed by atoms with Crippen LogP contribution in [0.2, 0.25) is 0 Å². The number of ether oxygens (including phenoxy) is 2. The molecule has 1 aromatic heterocycles. The van der Waals surface area contributed by atoms with E-state index >= 15 is 0 Å². The molecule has 0 spiro atoms. The quantitative estimate of drug-likeness (QED) is 0.747. The third-order valence-electron chi connectivity index (χ3n) is 2.80. The van der Waals surface area contributed by atoms with E-state index in [0.29, 0.717) is 19.8 Å². The molecule has 0 saturated carbocycles. The molecule has 18 heavy (non-hydrogen) atoms. The third kappa shape index (κ3) is 3.78. The van der Waals surface area contributed by atoms with Crippen LogP contribution in [0.25, 0.3) is 0 Å². The normalized spacial score (nSPS) is 19.9. The lowest BCUT2D eigenvalue weighted by Crippen LogP contribution is -2.25. The van der Waals surface area contributed by atoms with Crippen molar-refractivity contribution in [2.75, 3.05) is 19.8 Å². The molecule has 1 aliphatic rings. The molecule has 2 rings (SSSR count). The van der Waals surface area contributed by atoms with Gasteiger partial charge in [-0.25, -0.2) is 9.48 Å². The Hall–Kier alpha value is -1.47. The summed E-state index contributed by atoms with van der Waals surface area (Å²) in [7, 11) is 0. The molecule has 7 nitrogen and oxygen atoms in total. The summed E-state index contributed by atoms with van der Waals surface area (Å²) in [5.74, 6) is -1.07. The number of carboxylic acid groups (broad SMARTS) is 1. The van der Waals surface area contributed by atoms with Crippen LogP contribution in [0.5, 0.6) is 0 Å². The molecular formula is C11H17N3O4. The summed E-state index contributed by atoms with van der Waals surface area (Å²) >= 11 is 0. The van der Waals surface area contributed by atoms with Crippen LogP contribution in [0.1, 0.15) is 29.8 Å². The van der Waals surface area contributed by atoms with Gasteiger partial charge >= 0.3 is 5.97 Å². The number of carbonyl (C=O) groups is 1. The fraction of sp³-hybridized carbons (Fsp3) is 0.727. The summed E-state index contributed by atoms with van der Waals surface area (Å²) in [6.07, 6.45) is 4.96. The Morgan fingerprint density at radius 2 is 2.50 bits per heavy atom. The average molecular weight is 255 g/mol. The fourth-order valence-corrected chi connectivity index (χ4v) is 1.82. The van der Waals surface area contributed by atoms with Crippen LogP contribution in [0, 0.1) is 0 Å². The van der Waals surface area contributed by atoms with E-state index in [9.17, 15) is 4.79 Å². The first-order valence-corrected chi connectivity index (χ1v) is 6.08. The molecule has 0 aliphatic carbocycles. The van der Waals surface area contributed by atoms with E-state index in [0.717, 1.165) is 19.4 Å². The molecule has 100 valence electrons. The van der Waals surface area contributed by atoms with E-state index in [2.05, 4.69) is 10.3 Å². The third-order valence-corrected chi connectivity index (χ3v) is 2.80. The van der Waals surface area contributed by atoms with Crippen molar-refractivity contribution in [2.24, 2.45) is 0 Å². The van der Waals surface area contributed by atoms with Crippen molar-refractivity contribution in [3.05, 3.63) is 11.9 Å². The lowest BCUT2D eigenvalue weighted by molar-refractivity contribution is -0.0421. The minimum atomic E-state index is -1.07. The fourth-order valence-electron chi connectivity index (χ4n) is 1.82. The Morgan fingerprint density at radius 1 is 1.61 bits per heavy atom. The van der Waals surface area contributed by atoms with Crippen LogP contribution in [0.15, 0.2) is 6.20 Å². The summed E-state index contributed by atoms with van der Waals surface area (Å²) in [4.78, 5) is 10.6. The number of aromatic carboxylic acids is 1. The second kappa shape index (κ2) is 6.46. The van der Waals surface area contributed by atoms with Crippen LogP contribution < -0.4 is 0 Å². The highest BCUT2D eigenvalue weighted by atomic mass is 16.5. The largest absolute Gasteiger partial charge is 0.476 e. The maximum atomic E-state index is 10.6. The molecule has 0 bridgehead atoms. The molecule has 0 amide bonds. The first kappa shape index (κ1) is 13.0. The van der Waals surface area contributed by atoms with Gasteiger partial charge in [0.15, 0.2) is 5.69 Å². The molecule has 1 unspecified atom stereocenters. The molecule has 0 aromatic carbocycles. The summed E-state index contributed by atoms with van der Waals surface area (Å²) in [6, 6.07) is 0. The van der Waals surface area contributed by atoms with Gasteiger partial charge in [-0.1, -0.05) is 5.21 Å². The Kier molecular flexibility index (Phi) is 4.66. The molecule has 1 N–H and O–H groups in total. The number of hydrogen-bond acceptors (Lipinski definition) is 5. The van der Waals surface area contributed by atoms with Gasteiger partial charge in [-0.2, -0.15) is 0 Å². The van der Waals surface area contributed by atoms with E-state index in [1.165, 1.54) is 17.3 Å². The Labute approximate surface area is 105 Å². The van der Waals surface area contributed by atoms with Crippen molar-refractivity contribution in [1.82, 2.24) is 15.0 Å². The van der Waals surface area contributed by atoms with E-state index in [1.54, 1.807) is 0 Å². The van der Waals surface area contributed by atoms with Crippen LogP contribution in [-0.2, 0) is 16.0 Å². The second-order valence-corrected chi connectivity index (χ2v) is 4.24. The first-order valence-electron chi connectivity index (χ1n) is 6.08. The van der Waals surface area contributed by atoms with Crippen LogP contribution in [0.4, 0.5) is 0 Å². The molecule has 1 aromatic rings. The lowest BCUT2D eigenvalue weighted by Gasteiger charge is -2.22. The Bertz CT molecular complexity index is 387. The molecule has 1 fully saturated rings. The van der Waals surface area contributed by atoms with E-state index < -0.39 is 5.97 Å². The summed E-state index contributed by atoms with van der Waals surface area (Å²) in [5, 5.41) is 15.9. The average Bonchev–Trinajstić information content (AvgIpc) is 2.85. The summed E-state index contributed by atoms with van der Waals surface area (Å²) in [6.45, 7) is 2.37. The highest BCUT2D eigenvalue weighted by molar-refractivity contribution is 5.84. The zero-order valence-corrected chi connectivity index (χ0v) is 10.1. The predicted molar refractivity (Wildman–Crippen MR) is 61.4 cm³/mol. The van der Waals surface area contributed by atoms with Crippen molar-refractivity contribution in [1.29, 1.82) is 0 Å². The van der Waals surface area contributed by atoms with Crippen molar-refractivity contribution < 1.29 is 19.4 Å². The predicted octanol–water partition coefficient (Wildman–Crippen LogP) is 0.562. The highest BCUT2D eigenvalue weighted by Crippen LogP contribution is 2.12. The van der Waals surface area contributed by atoms with Gasteiger partial charge in [0.2, 0.25) is 0 Å². The van der Waals surface area contributed by atoms with Crippen LogP contribution in [-0.4, -0.2) is 52.0 Å². The van der Waals surface area contributed by atoms with E-state index in [4.69, 9.17) is 14.6 Å². The van der Waals surface area contributed by atoms with Gasteiger partial charge in [-0.3, -0.25) is 0 Å². The molecule has 1 aliphatic heterocycles. The van der Waals surface area contributed by atoms with Crippen molar-refractivity contribution in [3.63, 3.8) is 0 Å². The van der Waals surface area contributed by atoms with Gasteiger partial charge in [0, 0.05) is 6.61 Å². The van der Waals surface area contributed by atoms with Crippen molar-refractivity contribution in [3.8, 4) is 0 Å². The monoisotopic (exact) mass is 255 g/mol. The Balaban J connectivity index is 1.63. The van der Waals surface area contributed by atoms with E-state index in [1.807, 2.05) is 0 Å². The molecule has 2 heterocycles. The smallest absolute Gasteiger partial charge is 0.358 e. The van der Waals surface area contributed by atoms with Gasteiger partial charge in [-0.15, -0.1) is 5.10 Å². The minimum Gasteiger partial charge on any atom is -0.476 e. The number of hydrogen-bond donors (Lipinski definition) is 1. The van der Waals surface area contributed by atoms with Gasteiger partial charge in [-0.05, 0) is 19.3 Å². The molecular weight excluding hydrogens is 238 g/mol. The van der Waals surface area contributed by atoms with Crippen LogP contribution in [0.3, 0.4) is 0 Å². The van der Waals surface area contributed by atoms with Crippen molar-refractivity contribution >= 4 is 5.97 Å². The maximum absolute atomic E-state index is 10.6. The van der Waals surface area contributed by atoms with Gasteiger partial charge in [0.05, 0.1) is 32.1 Å².